The van der Waals surface area contributed by atoms with Gasteiger partial charge < -0.3 is 11.1 Å². The number of amides is 1. The number of carbonyl (C=O) groups is 1. The van der Waals surface area contributed by atoms with Gasteiger partial charge in [-0.05, 0) is 49.3 Å². The van der Waals surface area contributed by atoms with Crippen molar-refractivity contribution in [2.75, 3.05) is 5.73 Å². The van der Waals surface area contributed by atoms with Gasteiger partial charge in [0.15, 0.2) is 0 Å². The molecule has 0 saturated heterocycles. The molecule has 0 aromatic heterocycles. The summed E-state index contributed by atoms with van der Waals surface area (Å²) < 4.78 is 0. The molecule has 3 nitrogen and oxygen atoms in total. The topological polar surface area (TPSA) is 55.1 Å². The quantitative estimate of drug-likeness (QED) is 0.746. The van der Waals surface area contributed by atoms with Gasteiger partial charge in [0.1, 0.15) is 0 Å². The van der Waals surface area contributed by atoms with Gasteiger partial charge in [0.2, 0.25) is 5.91 Å². The van der Waals surface area contributed by atoms with Crippen molar-refractivity contribution < 1.29 is 4.79 Å². The zero-order chi connectivity index (χ0) is 15.1. The third-order valence-corrected chi connectivity index (χ3v) is 3.58. The van der Waals surface area contributed by atoms with Crippen LogP contribution in [0.4, 0.5) is 5.69 Å². The Hall–Kier alpha value is -1.51. The minimum absolute atomic E-state index is 0.130. The number of hydrogen-bond donors (Lipinski definition) is 2. The maximum absolute atomic E-state index is 12.0. The lowest BCUT2D eigenvalue weighted by molar-refractivity contribution is -0.122. The maximum Gasteiger partial charge on any atom is 0.220 e. The van der Waals surface area contributed by atoms with Crippen LogP contribution in [0.5, 0.6) is 0 Å². The van der Waals surface area contributed by atoms with Gasteiger partial charge in [0, 0.05) is 18.2 Å². The molecule has 1 amide bonds. The van der Waals surface area contributed by atoms with Gasteiger partial charge in [-0.25, -0.2) is 0 Å². The molecule has 2 unspecified atom stereocenters. The van der Waals surface area contributed by atoms with Crippen LogP contribution < -0.4 is 11.1 Å². The molecule has 0 spiro atoms. The first-order valence-corrected chi connectivity index (χ1v) is 7.53. The fourth-order valence-electron chi connectivity index (χ4n) is 2.21. The monoisotopic (exact) mass is 276 g/mol. The lowest BCUT2D eigenvalue weighted by Crippen LogP contribution is -2.33. The molecule has 0 fully saturated rings. The summed E-state index contributed by atoms with van der Waals surface area (Å²) in [4.78, 5) is 12.0. The van der Waals surface area contributed by atoms with E-state index in [2.05, 4.69) is 33.0 Å². The number of hydrogen-bond acceptors (Lipinski definition) is 2. The summed E-state index contributed by atoms with van der Waals surface area (Å²) in [7, 11) is 0. The highest BCUT2D eigenvalue weighted by Crippen LogP contribution is 2.20. The van der Waals surface area contributed by atoms with Gasteiger partial charge in [0.25, 0.3) is 0 Å². The van der Waals surface area contributed by atoms with E-state index in [9.17, 15) is 4.79 Å². The smallest absolute Gasteiger partial charge is 0.220 e. The molecule has 0 heterocycles. The third-order valence-electron chi connectivity index (χ3n) is 3.58. The van der Waals surface area contributed by atoms with Crippen molar-refractivity contribution in [3.8, 4) is 0 Å². The van der Waals surface area contributed by atoms with Crippen molar-refractivity contribution in [2.24, 2.45) is 5.92 Å². The van der Waals surface area contributed by atoms with Crippen LogP contribution >= 0.6 is 0 Å². The highest BCUT2D eigenvalue weighted by molar-refractivity contribution is 5.77. The molecule has 112 valence electrons. The average Bonchev–Trinajstić information content (AvgIpc) is 2.36. The predicted octanol–water partition coefficient (Wildman–Crippen LogP) is 3.70. The van der Waals surface area contributed by atoms with Gasteiger partial charge in [-0.15, -0.1) is 0 Å². The summed E-state index contributed by atoms with van der Waals surface area (Å²) in [5.41, 5.74) is 7.59. The molecule has 3 N–H and O–H groups in total. The normalized spacial score (nSPS) is 14.1. The second-order valence-electron chi connectivity index (χ2n) is 6.21. The second kappa shape index (κ2) is 7.93. The summed E-state index contributed by atoms with van der Waals surface area (Å²) in [6.07, 6.45) is 2.71. The summed E-state index contributed by atoms with van der Waals surface area (Å²) in [6, 6.07) is 8.01. The number of nitrogen functional groups attached to an aromatic ring is 1. The lowest BCUT2D eigenvalue weighted by atomic mass is 9.97. The van der Waals surface area contributed by atoms with Crippen molar-refractivity contribution in [1.82, 2.24) is 5.32 Å². The number of nitrogens with two attached hydrogens (primary N) is 1. The Morgan fingerprint density at radius 1 is 1.10 bits per heavy atom. The Morgan fingerprint density at radius 3 is 2.25 bits per heavy atom. The molecule has 0 bridgehead atoms. The van der Waals surface area contributed by atoms with Crippen LogP contribution in [0.3, 0.4) is 0 Å². The Morgan fingerprint density at radius 2 is 1.70 bits per heavy atom. The van der Waals surface area contributed by atoms with E-state index < -0.39 is 0 Å². The summed E-state index contributed by atoms with van der Waals surface area (Å²) in [5, 5.41) is 3.08. The van der Waals surface area contributed by atoms with Crippen LogP contribution in [-0.2, 0) is 4.79 Å². The average molecular weight is 276 g/mol. The SMILES string of the molecule is CC(C)CCC(C)NC(=O)CC(C)c1ccc(N)cc1. The van der Waals surface area contributed by atoms with E-state index in [4.69, 9.17) is 5.73 Å². The number of benzene rings is 1. The van der Waals surface area contributed by atoms with Gasteiger partial charge in [-0.2, -0.15) is 0 Å². The van der Waals surface area contributed by atoms with E-state index >= 15 is 0 Å². The highest BCUT2D eigenvalue weighted by Gasteiger charge is 2.13. The maximum atomic E-state index is 12.0. The molecule has 0 aliphatic heterocycles. The lowest BCUT2D eigenvalue weighted by Gasteiger charge is -2.17. The molecule has 0 radical (unpaired) electrons. The predicted molar refractivity (Wildman–Crippen MR) is 85.6 cm³/mol. The zero-order valence-electron chi connectivity index (χ0n) is 13.1. The molecule has 1 aromatic carbocycles. The van der Waals surface area contributed by atoms with Crippen LogP contribution in [-0.4, -0.2) is 11.9 Å². The molecular formula is C17H28N2O. The third kappa shape index (κ3) is 6.09. The van der Waals surface area contributed by atoms with Crippen LogP contribution in [0.15, 0.2) is 24.3 Å². The van der Waals surface area contributed by atoms with E-state index in [1.807, 2.05) is 24.3 Å². The second-order valence-corrected chi connectivity index (χ2v) is 6.21. The fourth-order valence-corrected chi connectivity index (χ4v) is 2.21. The summed E-state index contributed by atoms with van der Waals surface area (Å²) >= 11 is 0. The standard InChI is InChI=1S/C17H28N2O/c1-12(2)5-6-14(4)19-17(20)11-13(3)15-7-9-16(18)10-8-15/h7-10,12-14H,5-6,11,18H2,1-4H3,(H,19,20). The largest absolute Gasteiger partial charge is 0.399 e. The minimum Gasteiger partial charge on any atom is -0.399 e. The van der Waals surface area contributed by atoms with Crippen molar-refractivity contribution in [3.05, 3.63) is 29.8 Å². The first-order valence-electron chi connectivity index (χ1n) is 7.53. The molecule has 3 heteroatoms. The van der Waals surface area contributed by atoms with Crippen molar-refractivity contribution >= 4 is 11.6 Å². The van der Waals surface area contributed by atoms with E-state index in [1.165, 1.54) is 0 Å². The first kappa shape index (κ1) is 16.5. The number of rotatable bonds is 7. The molecule has 0 aliphatic rings. The molecule has 0 saturated carbocycles. The van der Waals surface area contributed by atoms with Crippen molar-refractivity contribution in [1.29, 1.82) is 0 Å². The van der Waals surface area contributed by atoms with Gasteiger partial charge in [-0.1, -0.05) is 32.9 Å². The molecule has 0 aliphatic carbocycles. The van der Waals surface area contributed by atoms with Crippen LogP contribution in [0, 0.1) is 5.92 Å². The zero-order valence-corrected chi connectivity index (χ0v) is 13.1. The molecule has 2 atom stereocenters. The minimum atomic E-state index is 0.130. The molecule has 20 heavy (non-hydrogen) atoms. The number of anilines is 1. The molecule has 1 rings (SSSR count). The summed E-state index contributed by atoms with van der Waals surface area (Å²) in [6.45, 7) is 8.56. The first-order chi connectivity index (χ1) is 9.38. The van der Waals surface area contributed by atoms with Crippen LogP contribution in [0.1, 0.15) is 58.4 Å². The summed E-state index contributed by atoms with van der Waals surface area (Å²) in [5.74, 6) is 1.03. The fraction of sp³-hybridized carbons (Fsp3) is 0.588. The van der Waals surface area contributed by atoms with Crippen molar-refractivity contribution in [3.63, 3.8) is 0 Å². The highest BCUT2D eigenvalue weighted by atomic mass is 16.1. The number of nitrogens with one attached hydrogen (secondary N) is 1. The Kier molecular flexibility index (Phi) is 6.56. The van der Waals surface area contributed by atoms with E-state index in [0.29, 0.717) is 12.3 Å². The Labute approximate surface area is 122 Å². The van der Waals surface area contributed by atoms with Crippen LogP contribution in [0.25, 0.3) is 0 Å². The van der Waals surface area contributed by atoms with Gasteiger partial charge in [0.05, 0.1) is 0 Å². The van der Waals surface area contributed by atoms with Gasteiger partial charge in [-0.3, -0.25) is 4.79 Å². The Bertz CT molecular complexity index is 412. The molecule has 1 aromatic rings. The van der Waals surface area contributed by atoms with Crippen molar-refractivity contribution in [2.45, 2.75) is 58.9 Å². The van der Waals surface area contributed by atoms with Crippen LogP contribution in [0.2, 0.25) is 0 Å². The van der Waals surface area contributed by atoms with E-state index in [0.717, 1.165) is 24.1 Å². The van der Waals surface area contributed by atoms with E-state index in [-0.39, 0.29) is 17.9 Å². The van der Waals surface area contributed by atoms with Gasteiger partial charge >= 0.3 is 0 Å². The Balaban J connectivity index is 2.39. The molecular weight excluding hydrogens is 248 g/mol. The number of carbonyl (C=O) groups excluding carboxylic acids is 1. The van der Waals surface area contributed by atoms with E-state index in [1.54, 1.807) is 0 Å².